The minimum atomic E-state index is 0.702. The van der Waals surface area contributed by atoms with Crippen LogP contribution >= 0.6 is 11.6 Å². The summed E-state index contributed by atoms with van der Waals surface area (Å²) >= 11 is 5.97. The topological polar surface area (TPSA) is 30.7 Å². The molecule has 0 aliphatic heterocycles. The van der Waals surface area contributed by atoms with E-state index < -0.39 is 0 Å². The summed E-state index contributed by atoms with van der Waals surface area (Å²) in [6, 6.07) is 15.6. The highest BCUT2D eigenvalue weighted by molar-refractivity contribution is 6.30. The Morgan fingerprint density at radius 3 is 2.74 bits per heavy atom. The highest BCUT2D eigenvalue weighted by atomic mass is 35.5. The molecule has 0 atom stereocenters. The fourth-order valence-corrected chi connectivity index (χ4v) is 2.14. The Hall–Kier alpha value is -2.13. The Morgan fingerprint density at radius 1 is 1.00 bits per heavy atom. The standard InChI is InChI=1S/C15H12ClN3/c16-13-5-3-4-12(10-13)11-19-9-7-15(18-19)14-6-1-2-8-17-14/h1-10H,11H2. The molecule has 3 aromatic rings. The van der Waals surface area contributed by atoms with Crippen molar-refractivity contribution in [2.24, 2.45) is 0 Å². The molecule has 94 valence electrons. The first-order chi connectivity index (χ1) is 9.31. The maximum absolute atomic E-state index is 5.97. The Morgan fingerprint density at radius 2 is 1.95 bits per heavy atom. The highest BCUT2D eigenvalue weighted by Crippen LogP contribution is 2.15. The third-order valence-electron chi connectivity index (χ3n) is 2.80. The van der Waals surface area contributed by atoms with Crippen LogP contribution in [0.5, 0.6) is 0 Å². The van der Waals surface area contributed by atoms with Crippen molar-refractivity contribution >= 4 is 11.6 Å². The molecule has 0 amide bonds. The molecule has 0 radical (unpaired) electrons. The van der Waals surface area contributed by atoms with Crippen LogP contribution in [-0.4, -0.2) is 14.8 Å². The molecule has 0 spiro atoms. The van der Waals surface area contributed by atoms with Crippen LogP contribution in [0.2, 0.25) is 5.02 Å². The van der Waals surface area contributed by atoms with Gasteiger partial charge >= 0.3 is 0 Å². The summed E-state index contributed by atoms with van der Waals surface area (Å²) in [5, 5.41) is 5.26. The summed E-state index contributed by atoms with van der Waals surface area (Å²) in [6.45, 7) is 0.702. The SMILES string of the molecule is Clc1cccc(Cn2ccc(-c3ccccn3)n2)c1. The Kier molecular flexibility index (Phi) is 3.29. The van der Waals surface area contributed by atoms with E-state index in [0.717, 1.165) is 22.0 Å². The van der Waals surface area contributed by atoms with Crippen LogP contribution in [0.25, 0.3) is 11.4 Å². The van der Waals surface area contributed by atoms with Crippen molar-refractivity contribution in [1.82, 2.24) is 14.8 Å². The van der Waals surface area contributed by atoms with Gasteiger partial charge in [0.1, 0.15) is 5.69 Å². The average Bonchev–Trinajstić information content (AvgIpc) is 2.88. The fraction of sp³-hybridized carbons (Fsp3) is 0.0667. The smallest absolute Gasteiger partial charge is 0.111 e. The van der Waals surface area contributed by atoms with Gasteiger partial charge in [0.2, 0.25) is 0 Å². The molecule has 0 unspecified atom stereocenters. The number of nitrogens with zero attached hydrogens (tertiary/aromatic N) is 3. The van der Waals surface area contributed by atoms with Gasteiger partial charge in [0, 0.05) is 17.4 Å². The van der Waals surface area contributed by atoms with E-state index in [1.165, 1.54) is 0 Å². The number of halogens is 1. The van der Waals surface area contributed by atoms with E-state index in [-0.39, 0.29) is 0 Å². The van der Waals surface area contributed by atoms with Gasteiger partial charge in [-0.05, 0) is 35.9 Å². The van der Waals surface area contributed by atoms with Crippen LogP contribution in [-0.2, 0) is 6.54 Å². The van der Waals surface area contributed by atoms with Crippen LogP contribution in [0.4, 0.5) is 0 Å². The van der Waals surface area contributed by atoms with Gasteiger partial charge in [-0.15, -0.1) is 0 Å². The maximum Gasteiger partial charge on any atom is 0.111 e. The van der Waals surface area contributed by atoms with E-state index in [1.807, 2.05) is 59.4 Å². The number of aromatic nitrogens is 3. The molecule has 0 bridgehead atoms. The summed E-state index contributed by atoms with van der Waals surface area (Å²) in [5.41, 5.74) is 2.89. The van der Waals surface area contributed by atoms with Gasteiger partial charge in [0.05, 0.1) is 12.2 Å². The number of pyridine rings is 1. The van der Waals surface area contributed by atoms with Gasteiger partial charge in [0.25, 0.3) is 0 Å². The monoisotopic (exact) mass is 269 g/mol. The molecule has 1 aromatic carbocycles. The second-order valence-corrected chi connectivity index (χ2v) is 4.68. The number of benzene rings is 1. The Labute approximate surface area is 116 Å². The molecule has 0 fully saturated rings. The fourth-order valence-electron chi connectivity index (χ4n) is 1.92. The number of hydrogen-bond donors (Lipinski definition) is 0. The molecule has 2 heterocycles. The molecule has 3 nitrogen and oxygen atoms in total. The molecule has 0 N–H and O–H groups in total. The molecular weight excluding hydrogens is 258 g/mol. The third-order valence-corrected chi connectivity index (χ3v) is 3.04. The lowest BCUT2D eigenvalue weighted by atomic mass is 10.2. The van der Waals surface area contributed by atoms with Crippen LogP contribution in [0.3, 0.4) is 0 Å². The molecule has 19 heavy (non-hydrogen) atoms. The first-order valence-corrected chi connectivity index (χ1v) is 6.38. The molecule has 3 rings (SSSR count). The predicted molar refractivity (Wildman–Crippen MR) is 76.0 cm³/mol. The van der Waals surface area contributed by atoms with E-state index in [9.17, 15) is 0 Å². The van der Waals surface area contributed by atoms with Crippen LogP contribution < -0.4 is 0 Å². The zero-order valence-electron chi connectivity index (χ0n) is 10.2. The van der Waals surface area contributed by atoms with Crippen molar-refractivity contribution in [1.29, 1.82) is 0 Å². The van der Waals surface area contributed by atoms with Crippen LogP contribution in [0, 0.1) is 0 Å². The largest absolute Gasteiger partial charge is 0.268 e. The van der Waals surface area contributed by atoms with Crippen molar-refractivity contribution in [3.05, 3.63) is 71.5 Å². The minimum absolute atomic E-state index is 0.702. The number of rotatable bonds is 3. The number of hydrogen-bond acceptors (Lipinski definition) is 2. The van der Waals surface area contributed by atoms with Gasteiger partial charge < -0.3 is 0 Å². The summed E-state index contributed by atoms with van der Waals surface area (Å²) in [4.78, 5) is 4.29. The van der Waals surface area contributed by atoms with Crippen molar-refractivity contribution in [2.75, 3.05) is 0 Å². The second-order valence-electron chi connectivity index (χ2n) is 4.24. The lowest BCUT2D eigenvalue weighted by molar-refractivity contribution is 0.689. The van der Waals surface area contributed by atoms with E-state index in [4.69, 9.17) is 11.6 Å². The molecular formula is C15H12ClN3. The van der Waals surface area contributed by atoms with E-state index in [0.29, 0.717) is 6.54 Å². The van der Waals surface area contributed by atoms with Crippen molar-refractivity contribution < 1.29 is 0 Å². The summed E-state index contributed by atoms with van der Waals surface area (Å²) in [6.07, 6.45) is 3.72. The van der Waals surface area contributed by atoms with Crippen molar-refractivity contribution in [2.45, 2.75) is 6.54 Å². The van der Waals surface area contributed by atoms with E-state index in [1.54, 1.807) is 6.20 Å². The van der Waals surface area contributed by atoms with Crippen LogP contribution in [0.15, 0.2) is 60.9 Å². The van der Waals surface area contributed by atoms with Gasteiger partial charge in [-0.2, -0.15) is 5.10 Å². The first kappa shape index (κ1) is 11.9. The summed E-state index contributed by atoms with van der Waals surface area (Å²) in [7, 11) is 0. The molecule has 0 aliphatic carbocycles. The van der Waals surface area contributed by atoms with Crippen molar-refractivity contribution in [3.8, 4) is 11.4 Å². The van der Waals surface area contributed by atoms with Gasteiger partial charge in [0.15, 0.2) is 0 Å². The van der Waals surface area contributed by atoms with Crippen LogP contribution in [0.1, 0.15) is 5.56 Å². The van der Waals surface area contributed by atoms with Crippen molar-refractivity contribution in [3.63, 3.8) is 0 Å². The lowest BCUT2D eigenvalue weighted by Gasteiger charge is -2.02. The third kappa shape index (κ3) is 2.83. The molecule has 4 heteroatoms. The second kappa shape index (κ2) is 5.24. The molecule has 0 aliphatic rings. The van der Waals surface area contributed by atoms with Gasteiger partial charge in [-0.25, -0.2) is 0 Å². The lowest BCUT2D eigenvalue weighted by Crippen LogP contribution is -2.00. The molecule has 0 saturated heterocycles. The maximum atomic E-state index is 5.97. The zero-order chi connectivity index (χ0) is 13.1. The predicted octanol–water partition coefficient (Wildman–Crippen LogP) is 3.65. The quantitative estimate of drug-likeness (QED) is 0.727. The van der Waals surface area contributed by atoms with Gasteiger partial charge in [-0.3, -0.25) is 9.67 Å². The highest BCUT2D eigenvalue weighted by Gasteiger charge is 2.03. The van der Waals surface area contributed by atoms with E-state index in [2.05, 4.69) is 10.1 Å². The summed E-state index contributed by atoms with van der Waals surface area (Å²) < 4.78 is 1.88. The Balaban J connectivity index is 1.82. The van der Waals surface area contributed by atoms with Gasteiger partial charge in [-0.1, -0.05) is 29.8 Å². The first-order valence-electron chi connectivity index (χ1n) is 6.00. The average molecular weight is 270 g/mol. The Bertz CT molecular complexity index is 677. The molecule has 2 aromatic heterocycles. The zero-order valence-corrected chi connectivity index (χ0v) is 11.0. The minimum Gasteiger partial charge on any atom is -0.268 e. The summed E-state index contributed by atoms with van der Waals surface area (Å²) in [5.74, 6) is 0. The van der Waals surface area contributed by atoms with E-state index >= 15 is 0 Å². The normalized spacial score (nSPS) is 10.6. The molecule has 0 saturated carbocycles.